The maximum atomic E-state index is 13.3. The summed E-state index contributed by atoms with van der Waals surface area (Å²) >= 11 is 5.59. The molecule has 2 nitrogen and oxygen atoms in total. The molecular weight excluding hydrogens is 231 g/mol. The minimum atomic E-state index is -0.581. The molecule has 1 rings (SSSR count). The number of benzene rings is 1. The third-order valence-corrected chi connectivity index (χ3v) is 2.25. The number of rotatable bonds is 5. The van der Waals surface area contributed by atoms with E-state index in [-0.39, 0.29) is 28.9 Å². The lowest BCUT2D eigenvalue weighted by Gasteiger charge is -2.07. The van der Waals surface area contributed by atoms with Crippen LogP contribution in [0.5, 0.6) is 0 Å². The molecule has 88 valence electrons. The molecule has 0 aliphatic heterocycles. The Morgan fingerprint density at radius 3 is 2.75 bits per heavy atom. The van der Waals surface area contributed by atoms with Crippen molar-refractivity contribution in [1.82, 2.24) is 0 Å². The summed E-state index contributed by atoms with van der Waals surface area (Å²) in [5, 5.41) is 0.285. The molecule has 0 N–H and O–H groups in total. The molecule has 0 heterocycles. The molecule has 0 fully saturated rings. The zero-order valence-corrected chi connectivity index (χ0v) is 10.1. The molecule has 0 saturated carbocycles. The van der Waals surface area contributed by atoms with Crippen molar-refractivity contribution in [2.75, 3.05) is 6.61 Å². The second-order valence-electron chi connectivity index (χ2n) is 3.72. The highest BCUT2D eigenvalue weighted by Crippen LogP contribution is 2.16. The predicted molar refractivity (Wildman–Crippen MR) is 61.4 cm³/mol. The van der Waals surface area contributed by atoms with Crippen molar-refractivity contribution in [1.29, 1.82) is 0 Å². The summed E-state index contributed by atoms with van der Waals surface area (Å²) in [5.41, 5.74) is 0.0664. The Balaban J connectivity index is 2.59. The van der Waals surface area contributed by atoms with E-state index in [2.05, 4.69) is 0 Å². The van der Waals surface area contributed by atoms with Crippen LogP contribution in [0.2, 0.25) is 5.02 Å². The first-order valence-electron chi connectivity index (χ1n) is 5.10. The Morgan fingerprint density at radius 1 is 1.50 bits per heavy atom. The number of ether oxygens (including phenoxy) is 1. The van der Waals surface area contributed by atoms with Crippen molar-refractivity contribution in [2.45, 2.75) is 26.4 Å². The summed E-state index contributed by atoms with van der Waals surface area (Å²) in [5.74, 6) is -0.850. The number of hydrogen-bond acceptors (Lipinski definition) is 2. The lowest BCUT2D eigenvalue weighted by Crippen LogP contribution is -2.10. The Hall–Kier alpha value is -0.930. The van der Waals surface area contributed by atoms with Crippen LogP contribution in [0.4, 0.5) is 4.39 Å². The van der Waals surface area contributed by atoms with Gasteiger partial charge in [-0.1, -0.05) is 11.6 Å². The van der Waals surface area contributed by atoms with Crippen molar-refractivity contribution in [3.05, 3.63) is 34.6 Å². The van der Waals surface area contributed by atoms with Gasteiger partial charge >= 0.3 is 0 Å². The molecule has 16 heavy (non-hydrogen) atoms. The maximum Gasteiger partial charge on any atom is 0.168 e. The molecule has 0 amide bonds. The number of halogens is 2. The van der Waals surface area contributed by atoms with Gasteiger partial charge in [0.05, 0.1) is 18.3 Å². The van der Waals surface area contributed by atoms with Crippen molar-refractivity contribution < 1.29 is 13.9 Å². The van der Waals surface area contributed by atoms with E-state index >= 15 is 0 Å². The fourth-order valence-electron chi connectivity index (χ4n) is 1.24. The smallest absolute Gasteiger partial charge is 0.168 e. The fourth-order valence-corrected chi connectivity index (χ4v) is 1.40. The number of carbonyl (C=O) groups is 1. The van der Waals surface area contributed by atoms with Crippen molar-refractivity contribution in [3.63, 3.8) is 0 Å². The van der Waals surface area contributed by atoms with Gasteiger partial charge in [-0.25, -0.2) is 4.39 Å². The van der Waals surface area contributed by atoms with Gasteiger partial charge in [0.1, 0.15) is 5.82 Å². The molecule has 1 aromatic rings. The topological polar surface area (TPSA) is 26.3 Å². The standard InChI is InChI=1S/C12H14ClFO2/c1-8(2)16-6-5-12(15)10-4-3-9(13)7-11(10)14/h3-4,7-8H,5-6H2,1-2H3. The summed E-state index contributed by atoms with van der Waals surface area (Å²) in [6.07, 6.45) is 0.249. The lowest BCUT2D eigenvalue weighted by atomic mass is 10.1. The molecular formula is C12H14ClFO2. The monoisotopic (exact) mass is 244 g/mol. The molecule has 0 atom stereocenters. The quantitative estimate of drug-likeness (QED) is 0.742. The zero-order chi connectivity index (χ0) is 12.1. The molecule has 0 unspecified atom stereocenters. The van der Waals surface area contributed by atoms with E-state index in [0.717, 1.165) is 6.07 Å². The van der Waals surface area contributed by atoms with Gasteiger partial charge in [-0.3, -0.25) is 4.79 Å². The SMILES string of the molecule is CC(C)OCCC(=O)c1ccc(Cl)cc1F. The highest BCUT2D eigenvalue weighted by molar-refractivity contribution is 6.30. The van der Waals surface area contributed by atoms with Gasteiger partial charge < -0.3 is 4.74 Å². The van der Waals surface area contributed by atoms with Crippen LogP contribution in [0.1, 0.15) is 30.6 Å². The number of hydrogen-bond donors (Lipinski definition) is 0. The molecule has 0 spiro atoms. The largest absolute Gasteiger partial charge is 0.378 e. The third-order valence-electron chi connectivity index (χ3n) is 2.01. The lowest BCUT2D eigenvalue weighted by molar-refractivity contribution is 0.0676. The number of ketones is 1. The van der Waals surface area contributed by atoms with Crippen LogP contribution in [0.25, 0.3) is 0 Å². The molecule has 0 aliphatic rings. The van der Waals surface area contributed by atoms with E-state index in [1.54, 1.807) is 0 Å². The first-order chi connectivity index (χ1) is 7.50. The van der Waals surface area contributed by atoms with Gasteiger partial charge in [-0.2, -0.15) is 0 Å². The highest BCUT2D eigenvalue weighted by atomic mass is 35.5. The van der Waals surface area contributed by atoms with E-state index in [1.165, 1.54) is 12.1 Å². The molecule has 0 aliphatic carbocycles. The summed E-state index contributed by atoms with van der Waals surface area (Å²) in [6.45, 7) is 4.07. The number of carbonyl (C=O) groups excluding carboxylic acids is 1. The molecule has 0 bridgehead atoms. The molecule has 1 aromatic carbocycles. The molecule has 0 saturated heterocycles. The number of Topliss-reactive ketones (excluding diaryl/α,β-unsaturated/α-hetero) is 1. The van der Waals surface area contributed by atoms with Gasteiger partial charge in [-0.15, -0.1) is 0 Å². The third kappa shape index (κ3) is 3.91. The molecule has 0 radical (unpaired) electrons. The van der Waals surface area contributed by atoms with Crippen molar-refractivity contribution in [2.24, 2.45) is 0 Å². The van der Waals surface area contributed by atoms with Crippen LogP contribution < -0.4 is 0 Å². The summed E-state index contributed by atoms with van der Waals surface area (Å²) in [4.78, 5) is 11.6. The van der Waals surface area contributed by atoms with Crippen molar-refractivity contribution >= 4 is 17.4 Å². The molecule has 0 aromatic heterocycles. The minimum Gasteiger partial charge on any atom is -0.378 e. The predicted octanol–water partition coefficient (Wildman–Crippen LogP) is 3.48. The van der Waals surface area contributed by atoms with E-state index in [1.807, 2.05) is 13.8 Å². The average Bonchev–Trinajstić information content (AvgIpc) is 2.16. The van der Waals surface area contributed by atoms with E-state index < -0.39 is 5.82 Å². The van der Waals surface area contributed by atoms with Crippen LogP contribution in [0.15, 0.2) is 18.2 Å². The van der Waals surface area contributed by atoms with E-state index in [4.69, 9.17) is 16.3 Å². The maximum absolute atomic E-state index is 13.3. The van der Waals surface area contributed by atoms with E-state index in [0.29, 0.717) is 6.61 Å². The van der Waals surface area contributed by atoms with Gasteiger partial charge in [0.25, 0.3) is 0 Å². The van der Waals surface area contributed by atoms with Crippen LogP contribution in [-0.4, -0.2) is 18.5 Å². The van der Waals surface area contributed by atoms with Crippen LogP contribution >= 0.6 is 11.6 Å². The van der Waals surface area contributed by atoms with Gasteiger partial charge in [0.15, 0.2) is 5.78 Å². The first-order valence-corrected chi connectivity index (χ1v) is 5.48. The minimum absolute atomic E-state index is 0.0664. The first kappa shape index (κ1) is 13.1. The van der Waals surface area contributed by atoms with Crippen LogP contribution in [-0.2, 0) is 4.74 Å². The second-order valence-corrected chi connectivity index (χ2v) is 4.15. The zero-order valence-electron chi connectivity index (χ0n) is 9.30. The average molecular weight is 245 g/mol. The molecule has 4 heteroatoms. The van der Waals surface area contributed by atoms with Crippen LogP contribution in [0.3, 0.4) is 0 Å². The van der Waals surface area contributed by atoms with Crippen molar-refractivity contribution in [3.8, 4) is 0 Å². The van der Waals surface area contributed by atoms with Gasteiger partial charge in [-0.05, 0) is 32.0 Å². The summed E-state index contributed by atoms with van der Waals surface area (Å²) in [7, 11) is 0. The summed E-state index contributed by atoms with van der Waals surface area (Å²) < 4.78 is 18.6. The Labute approximate surface area is 99.4 Å². The summed E-state index contributed by atoms with van der Waals surface area (Å²) in [6, 6.07) is 4.04. The van der Waals surface area contributed by atoms with Crippen LogP contribution in [0, 0.1) is 5.82 Å². The second kappa shape index (κ2) is 5.97. The van der Waals surface area contributed by atoms with Gasteiger partial charge in [0, 0.05) is 11.4 Å². The van der Waals surface area contributed by atoms with E-state index in [9.17, 15) is 9.18 Å². The Bertz CT molecular complexity index is 377. The normalized spacial score (nSPS) is 10.8. The fraction of sp³-hybridized carbons (Fsp3) is 0.417. The Morgan fingerprint density at radius 2 is 2.19 bits per heavy atom. The highest BCUT2D eigenvalue weighted by Gasteiger charge is 2.11. The van der Waals surface area contributed by atoms with Gasteiger partial charge in [0.2, 0.25) is 0 Å². The Kier molecular flexibility index (Phi) is 4.90.